The van der Waals surface area contributed by atoms with Crippen LogP contribution in [0, 0.1) is 12.3 Å². The first kappa shape index (κ1) is 14.8. The average molecular weight is 296 g/mol. The average Bonchev–Trinajstić information content (AvgIpc) is 3.03. The Labute approximate surface area is 122 Å². The van der Waals surface area contributed by atoms with Gasteiger partial charge in [-0.3, -0.25) is 4.79 Å². The van der Waals surface area contributed by atoms with Crippen LogP contribution >= 0.6 is 11.3 Å². The summed E-state index contributed by atoms with van der Waals surface area (Å²) in [6, 6.07) is 1.85. The monoisotopic (exact) mass is 296 g/mol. The quantitative estimate of drug-likeness (QED) is 0.896. The first-order chi connectivity index (χ1) is 9.48. The van der Waals surface area contributed by atoms with Crippen LogP contribution in [0.5, 0.6) is 0 Å². The summed E-state index contributed by atoms with van der Waals surface area (Å²) in [4.78, 5) is 26.2. The van der Waals surface area contributed by atoms with E-state index < -0.39 is 11.4 Å². The highest BCUT2D eigenvalue weighted by atomic mass is 32.1. The summed E-state index contributed by atoms with van der Waals surface area (Å²) in [7, 11) is 0. The van der Waals surface area contributed by atoms with Crippen LogP contribution in [0.2, 0.25) is 0 Å². The van der Waals surface area contributed by atoms with Gasteiger partial charge in [-0.15, -0.1) is 11.3 Å². The second-order valence-corrected chi connectivity index (χ2v) is 6.30. The first-order valence-corrected chi connectivity index (χ1v) is 7.65. The number of aliphatic carboxylic acids is 1. The van der Waals surface area contributed by atoms with Gasteiger partial charge in [0.2, 0.25) is 0 Å². The molecule has 1 aromatic rings. The Bertz CT molecular complexity index is 514. The second kappa shape index (κ2) is 5.83. The third-order valence-electron chi connectivity index (χ3n) is 4.14. The molecule has 1 atom stereocenters. The number of carbonyl (C=O) groups excluding carboxylic acids is 1. The Kier molecular flexibility index (Phi) is 4.32. The van der Waals surface area contributed by atoms with Crippen molar-refractivity contribution in [2.75, 3.05) is 13.1 Å². The van der Waals surface area contributed by atoms with Crippen LogP contribution in [0.15, 0.2) is 11.4 Å². The van der Waals surface area contributed by atoms with Gasteiger partial charge in [-0.1, -0.05) is 6.92 Å². The molecule has 1 fully saturated rings. The molecule has 110 valence electrons. The summed E-state index contributed by atoms with van der Waals surface area (Å²) in [5.74, 6) is -0.801. The number of rotatable bonds is 4. The summed E-state index contributed by atoms with van der Waals surface area (Å²) >= 11 is 1.62. The molecule has 0 spiro atoms. The summed E-state index contributed by atoms with van der Waals surface area (Å²) in [6.07, 6.45) is 1.08. The lowest BCUT2D eigenvalue weighted by Gasteiger charge is -2.23. The lowest BCUT2D eigenvalue weighted by atomic mass is 9.84. The van der Waals surface area contributed by atoms with Gasteiger partial charge >= 0.3 is 12.0 Å². The fourth-order valence-corrected chi connectivity index (χ4v) is 3.36. The van der Waals surface area contributed by atoms with Crippen molar-refractivity contribution in [1.29, 1.82) is 0 Å². The zero-order chi connectivity index (χ0) is 14.8. The van der Waals surface area contributed by atoms with Gasteiger partial charge in [0.15, 0.2) is 0 Å². The number of urea groups is 1. The lowest BCUT2D eigenvalue weighted by molar-refractivity contribution is -0.148. The third-order valence-corrected chi connectivity index (χ3v) is 5.16. The molecule has 6 heteroatoms. The molecule has 0 bridgehead atoms. The molecule has 2 heterocycles. The fraction of sp³-hybridized carbons (Fsp3) is 0.571. The summed E-state index contributed by atoms with van der Waals surface area (Å²) in [6.45, 7) is 5.19. The Morgan fingerprint density at radius 2 is 2.30 bits per heavy atom. The van der Waals surface area contributed by atoms with E-state index in [9.17, 15) is 14.7 Å². The van der Waals surface area contributed by atoms with Crippen LogP contribution in [0.1, 0.15) is 30.2 Å². The van der Waals surface area contributed by atoms with E-state index in [0.29, 0.717) is 32.5 Å². The highest BCUT2D eigenvalue weighted by Gasteiger charge is 2.44. The summed E-state index contributed by atoms with van der Waals surface area (Å²) < 4.78 is 0. The molecular weight excluding hydrogens is 276 g/mol. The molecule has 2 N–H and O–H groups in total. The number of likely N-dealkylation sites (tertiary alicyclic amines) is 1. The molecule has 1 aromatic heterocycles. The number of hydrogen-bond acceptors (Lipinski definition) is 3. The Morgan fingerprint density at radius 3 is 2.80 bits per heavy atom. The third kappa shape index (κ3) is 2.80. The fourth-order valence-electron chi connectivity index (χ4n) is 2.51. The van der Waals surface area contributed by atoms with E-state index in [-0.39, 0.29) is 6.03 Å². The van der Waals surface area contributed by atoms with Crippen LogP contribution < -0.4 is 5.32 Å². The van der Waals surface area contributed by atoms with Crippen LogP contribution in [-0.4, -0.2) is 35.1 Å². The minimum absolute atomic E-state index is 0.172. The maximum absolute atomic E-state index is 12.1. The number of nitrogens with zero attached hydrogens (tertiary/aromatic N) is 1. The summed E-state index contributed by atoms with van der Waals surface area (Å²) in [5.41, 5.74) is 0.404. The van der Waals surface area contributed by atoms with Gasteiger partial charge in [0.25, 0.3) is 0 Å². The number of thiophene rings is 1. The number of carbonyl (C=O) groups is 2. The summed E-state index contributed by atoms with van der Waals surface area (Å²) in [5, 5.41) is 14.2. The highest BCUT2D eigenvalue weighted by molar-refractivity contribution is 7.10. The van der Waals surface area contributed by atoms with E-state index >= 15 is 0 Å². The van der Waals surface area contributed by atoms with E-state index in [1.54, 1.807) is 16.2 Å². The molecule has 1 saturated heterocycles. The Balaban J connectivity index is 1.92. The topological polar surface area (TPSA) is 69.6 Å². The van der Waals surface area contributed by atoms with E-state index in [0.717, 1.165) is 4.88 Å². The number of aryl methyl sites for hydroxylation is 1. The van der Waals surface area contributed by atoms with Gasteiger partial charge in [-0.05, 0) is 36.8 Å². The van der Waals surface area contributed by atoms with E-state index in [2.05, 4.69) is 5.32 Å². The number of carboxylic acids is 1. The molecule has 1 aliphatic rings. The molecular formula is C14H20N2O3S. The number of amides is 2. The van der Waals surface area contributed by atoms with E-state index in [4.69, 9.17) is 0 Å². The van der Waals surface area contributed by atoms with Crippen molar-refractivity contribution in [3.8, 4) is 0 Å². The van der Waals surface area contributed by atoms with Crippen molar-refractivity contribution in [2.45, 2.75) is 33.2 Å². The smallest absolute Gasteiger partial charge is 0.317 e. The van der Waals surface area contributed by atoms with Gasteiger partial charge in [0, 0.05) is 18.0 Å². The maximum Gasteiger partial charge on any atom is 0.317 e. The van der Waals surface area contributed by atoms with Crippen molar-refractivity contribution >= 4 is 23.3 Å². The molecule has 1 unspecified atom stereocenters. The minimum atomic E-state index is -0.801. The zero-order valence-electron chi connectivity index (χ0n) is 11.8. The van der Waals surface area contributed by atoms with Crippen LogP contribution in [-0.2, 0) is 11.3 Å². The van der Waals surface area contributed by atoms with Gasteiger partial charge in [-0.2, -0.15) is 0 Å². The number of nitrogens with one attached hydrogen (secondary N) is 1. The molecule has 2 amide bonds. The molecule has 1 aliphatic heterocycles. The zero-order valence-corrected chi connectivity index (χ0v) is 12.6. The molecule has 20 heavy (non-hydrogen) atoms. The van der Waals surface area contributed by atoms with E-state index in [1.807, 2.05) is 25.3 Å². The van der Waals surface area contributed by atoms with Crippen molar-refractivity contribution < 1.29 is 14.7 Å². The lowest BCUT2D eigenvalue weighted by Crippen LogP contribution is -2.41. The van der Waals surface area contributed by atoms with Crippen molar-refractivity contribution in [3.63, 3.8) is 0 Å². The maximum atomic E-state index is 12.1. The molecule has 5 nitrogen and oxygen atoms in total. The largest absolute Gasteiger partial charge is 0.481 e. The van der Waals surface area contributed by atoms with Crippen molar-refractivity contribution in [1.82, 2.24) is 10.2 Å². The van der Waals surface area contributed by atoms with Crippen molar-refractivity contribution in [3.05, 3.63) is 21.9 Å². The molecule has 0 radical (unpaired) electrons. The molecule has 2 rings (SSSR count). The van der Waals surface area contributed by atoms with Gasteiger partial charge < -0.3 is 15.3 Å². The predicted octanol–water partition coefficient (Wildman–Crippen LogP) is 2.45. The van der Waals surface area contributed by atoms with Gasteiger partial charge in [0.1, 0.15) is 0 Å². The highest BCUT2D eigenvalue weighted by Crippen LogP contribution is 2.34. The Morgan fingerprint density at radius 1 is 1.55 bits per heavy atom. The van der Waals surface area contributed by atoms with Crippen molar-refractivity contribution in [2.24, 2.45) is 5.41 Å². The van der Waals surface area contributed by atoms with Crippen LogP contribution in [0.3, 0.4) is 0 Å². The standard InChI is InChI=1S/C14H20N2O3S/c1-3-14(12(17)18)5-6-16(9-14)13(19)15-8-11-10(2)4-7-20-11/h4,7H,3,5-6,8-9H2,1-2H3,(H,15,19)(H,17,18). The predicted molar refractivity (Wildman–Crippen MR) is 77.8 cm³/mol. The van der Waals surface area contributed by atoms with Gasteiger partial charge in [0.05, 0.1) is 12.0 Å². The van der Waals surface area contributed by atoms with Gasteiger partial charge in [-0.25, -0.2) is 4.79 Å². The molecule has 0 aromatic carbocycles. The minimum Gasteiger partial charge on any atom is -0.481 e. The SMILES string of the molecule is CCC1(C(=O)O)CCN(C(=O)NCc2sccc2C)C1. The van der Waals surface area contributed by atoms with Crippen LogP contribution in [0.25, 0.3) is 0 Å². The molecule has 0 aliphatic carbocycles. The number of hydrogen-bond donors (Lipinski definition) is 2. The second-order valence-electron chi connectivity index (χ2n) is 5.30. The normalized spacial score (nSPS) is 22.0. The van der Waals surface area contributed by atoms with Crippen LogP contribution in [0.4, 0.5) is 4.79 Å². The number of carboxylic acid groups (broad SMARTS) is 1. The van der Waals surface area contributed by atoms with E-state index in [1.165, 1.54) is 5.56 Å². The molecule has 0 saturated carbocycles. The Hall–Kier alpha value is -1.56. The first-order valence-electron chi connectivity index (χ1n) is 6.77.